The number of alkyl halides is 1. The summed E-state index contributed by atoms with van der Waals surface area (Å²) in [7, 11) is 0. The minimum atomic E-state index is -1.25. The van der Waals surface area contributed by atoms with Gasteiger partial charge in [-0.1, -0.05) is 6.07 Å². The van der Waals surface area contributed by atoms with Gasteiger partial charge in [0.1, 0.15) is 12.0 Å². The van der Waals surface area contributed by atoms with Crippen LogP contribution in [0.2, 0.25) is 0 Å². The second-order valence-electron chi connectivity index (χ2n) is 6.23. The molecule has 4 nitrogen and oxygen atoms in total. The van der Waals surface area contributed by atoms with Crippen LogP contribution in [0.15, 0.2) is 18.2 Å². The molecule has 2 heterocycles. The molecule has 2 fully saturated rings. The van der Waals surface area contributed by atoms with Gasteiger partial charge in [0.15, 0.2) is 5.69 Å². The van der Waals surface area contributed by atoms with E-state index in [0.717, 1.165) is 0 Å². The van der Waals surface area contributed by atoms with E-state index in [1.807, 2.05) is 5.01 Å². The molecule has 0 aliphatic carbocycles. The predicted octanol–water partition coefficient (Wildman–Crippen LogP) is 3.24. The molecule has 22 heavy (non-hydrogen) atoms. The molecule has 0 spiro atoms. The van der Waals surface area contributed by atoms with Gasteiger partial charge in [-0.05, 0) is 38.0 Å². The van der Waals surface area contributed by atoms with Gasteiger partial charge in [-0.15, -0.1) is 0 Å². The lowest BCUT2D eigenvalue weighted by atomic mass is 9.85. The molecular weight excluding hydrogens is 288 g/mol. The Balaban J connectivity index is 1.97. The van der Waals surface area contributed by atoms with Gasteiger partial charge in [-0.25, -0.2) is 18.6 Å². The van der Waals surface area contributed by atoms with E-state index < -0.39 is 17.4 Å². The number of rotatable bonds is 2. The van der Waals surface area contributed by atoms with Crippen molar-refractivity contribution in [2.24, 2.45) is 5.41 Å². The normalized spacial score (nSPS) is 29.5. The molecule has 0 saturated carbocycles. The lowest BCUT2D eigenvalue weighted by molar-refractivity contribution is -0.144. The van der Waals surface area contributed by atoms with E-state index in [1.165, 1.54) is 19.1 Å². The first kappa shape index (κ1) is 14.9. The fraction of sp³-hybridized carbons (Fsp3) is 0.500. The molecule has 3 rings (SSSR count). The summed E-state index contributed by atoms with van der Waals surface area (Å²) in [6.45, 7) is 11.0. The van der Waals surface area contributed by atoms with Gasteiger partial charge in [-0.2, -0.15) is 0 Å². The molecule has 2 aliphatic heterocycles. The number of nitrogens with zero attached hydrogens (tertiary/aromatic N) is 3. The zero-order chi connectivity index (χ0) is 16.1. The average Bonchev–Trinajstić information content (AvgIpc) is 2.98. The van der Waals surface area contributed by atoms with Crippen LogP contribution in [-0.4, -0.2) is 35.2 Å². The van der Waals surface area contributed by atoms with Crippen LogP contribution in [0.1, 0.15) is 31.9 Å². The van der Waals surface area contributed by atoms with Crippen molar-refractivity contribution in [3.63, 3.8) is 0 Å². The molecule has 1 aromatic carbocycles. The number of halogens is 2. The Morgan fingerprint density at radius 3 is 2.82 bits per heavy atom. The first-order valence-electron chi connectivity index (χ1n) is 7.27. The van der Waals surface area contributed by atoms with E-state index in [0.29, 0.717) is 25.1 Å². The standard InChI is InChI=1S/C16H17F2N3O/c1-10(17)16(2)9-20-5-4-14(21(20)15(16)22)11-6-12(18)8-13(7-11)19-3/h6-8,10,14H,4-5,9H2,1-2H3/t10?,14-,16-/m0/s1. The molecule has 3 atom stereocenters. The summed E-state index contributed by atoms with van der Waals surface area (Å²) >= 11 is 0. The largest absolute Gasteiger partial charge is 0.273 e. The Morgan fingerprint density at radius 2 is 2.18 bits per heavy atom. The number of benzene rings is 1. The number of hydrogen-bond acceptors (Lipinski definition) is 2. The summed E-state index contributed by atoms with van der Waals surface area (Å²) in [5.41, 5.74) is -0.256. The van der Waals surface area contributed by atoms with Gasteiger partial charge >= 0.3 is 0 Å². The monoisotopic (exact) mass is 305 g/mol. The van der Waals surface area contributed by atoms with Crippen LogP contribution in [0.25, 0.3) is 4.85 Å². The first-order chi connectivity index (χ1) is 10.4. The number of carbonyl (C=O) groups is 1. The van der Waals surface area contributed by atoms with Crippen LogP contribution in [0, 0.1) is 17.8 Å². The summed E-state index contributed by atoms with van der Waals surface area (Å²) in [6, 6.07) is 3.80. The molecule has 0 N–H and O–H groups in total. The average molecular weight is 305 g/mol. The van der Waals surface area contributed by atoms with Crippen molar-refractivity contribution < 1.29 is 13.6 Å². The van der Waals surface area contributed by atoms with E-state index in [1.54, 1.807) is 18.0 Å². The van der Waals surface area contributed by atoms with Gasteiger partial charge < -0.3 is 0 Å². The molecule has 0 aromatic heterocycles. The van der Waals surface area contributed by atoms with Gasteiger partial charge in [-0.3, -0.25) is 9.80 Å². The Bertz CT molecular complexity index is 670. The molecule has 6 heteroatoms. The molecule has 1 unspecified atom stereocenters. The maximum Gasteiger partial charge on any atom is 0.247 e. The maximum atomic E-state index is 13.9. The number of hydrazine groups is 1. The number of carbonyl (C=O) groups excluding carboxylic acids is 1. The highest BCUT2D eigenvalue weighted by atomic mass is 19.1. The van der Waals surface area contributed by atoms with Crippen molar-refractivity contribution in [2.45, 2.75) is 32.5 Å². The molecule has 116 valence electrons. The van der Waals surface area contributed by atoms with E-state index in [9.17, 15) is 13.6 Å². The Labute approximate surface area is 128 Å². The van der Waals surface area contributed by atoms with Crippen LogP contribution < -0.4 is 0 Å². The highest BCUT2D eigenvalue weighted by molar-refractivity contribution is 5.85. The zero-order valence-corrected chi connectivity index (χ0v) is 12.5. The van der Waals surface area contributed by atoms with Crippen molar-refractivity contribution in [1.29, 1.82) is 0 Å². The van der Waals surface area contributed by atoms with Crippen LogP contribution in [0.5, 0.6) is 0 Å². The fourth-order valence-electron chi connectivity index (χ4n) is 3.29. The van der Waals surface area contributed by atoms with E-state index in [4.69, 9.17) is 6.57 Å². The van der Waals surface area contributed by atoms with Crippen molar-refractivity contribution in [3.8, 4) is 0 Å². The zero-order valence-electron chi connectivity index (χ0n) is 12.5. The van der Waals surface area contributed by atoms with Crippen LogP contribution in [0.3, 0.4) is 0 Å². The molecule has 2 aliphatic rings. The summed E-state index contributed by atoms with van der Waals surface area (Å²) in [5, 5.41) is 3.39. The number of fused-ring (bicyclic) bond motifs is 1. The van der Waals surface area contributed by atoms with Crippen molar-refractivity contribution >= 4 is 11.6 Å². The maximum absolute atomic E-state index is 13.9. The number of amides is 1. The molecule has 1 amide bonds. The van der Waals surface area contributed by atoms with Crippen LogP contribution in [-0.2, 0) is 4.79 Å². The molecule has 1 aromatic rings. The summed E-state index contributed by atoms with van der Waals surface area (Å²) in [6.07, 6.45) is -0.596. The van der Waals surface area contributed by atoms with Crippen molar-refractivity contribution in [1.82, 2.24) is 10.0 Å². The van der Waals surface area contributed by atoms with Gasteiger partial charge in [0.2, 0.25) is 5.91 Å². The third-order valence-corrected chi connectivity index (χ3v) is 4.76. The highest BCUT2D eigenvalue weighted by Gasteiger charge is 2.55. The van der Waals surface area contributed by atoms with E-state index in [-0.39, 0.29) is 17.6 Å². The minimum absolute atomic E-state index is 0.210. The number of hydrogen-bond donors (Lipinski definition) is 0. The molecule has 0 radical (unpaired) electrons. The smallest absolute Gasteiger partial charge is 0.247 e. The SMILES string of the molecule is [C-]#[N+]c1cc(F)cc([C@@H]2CCN3C[C@@](C)(C(C)F)C(=O)N23)c1. The summed E-state index contributed by atoms with van der Waals surface area (Å²) < 4.78 is 27.6. The Morgan fingerprint density at radius 1 is 1.45 bits per heavy atom. The van der Waals surface area contributed by atoms with Crippen molar-refractivity contribution in [2.75, 3.05) is 13.1 Å². The van der Waals surface area contributed by atoms with E-state index >= 15 is 0 Å². The predicted molar refractivity (Wildman–Crippen MR) is 77.1 cm³/mol. The molecule has 0 bridgehead atoms. The van der Waals surface area contributed by atoms with Crippen molar-refractivity contribution in [3.05, 3.63) is 41.0 Å². The quantitative estimate of drug-likeness (QED) is 0.785. The Hall–Kier alpha value is -2.00. The second-order valence-corrected chi connectivity index (χ2v) is 6.23. The first-order valence-corrected chi connectivity index (χ1v) is 7.27. The third kappa shape index (κ3) is 2.08. The third-order valence-electron chi connectivity index (χ3n) is 4.76. The second kappa shape index (κ2) is 5.03. The summed E-state index contributed by atoms with van der Waals surface area (Å²) in [4.78, 5) is 15.9. The van der Waals surface area contributed by atoms with E-state index in [2.05, 4.69) is 4.85 Å². The Kier molecular flexibility index (Phi) is 3.41. The lowest BCUT2D eigenvalue weighted by Gasteiger charge is -2.27. The van der Waals surface area contributed by atoms with Crippen LogP contribution in [0.4, 0.5) is 14.5 Å². The molecule has 2 saturated heterocycles. The minimum Gasteiger partial charge on any atom is -0.273 e. The van der Waals surface area contributed by atoms with Gasteiger partial charge in [0.25, 0.3) is 0 Å². The lowest BCUT2D eigenvalue weighted by Crippen LogP contribution is -2.39. The topological polar surface area (TPSA) is 27.9 Å². The molecular formula is C16H17F2N3O. The summed E-state index contributed by atoms with van der Waals surface area (Å²) in [5.74, 6) is -0.756. The van der Waals surface area contributed by atoms with Gasteiger partial charge in [0.05, 0.1) is 18.0 Å². The fourth-order valence-corrected chi connectivity index (χ4v) is 3.29. The van der Waals surface area contributed by atoms with Crippen LogP contribution >= 0.6 is 0 Å². The van der Waals surface area contributed by atoms with Gasteiger partial charge in [0, 0.05) is 13.1 Å². The highest BCUT2D eigenvalue weighted by Crippen LogP contribution is 2.45.